The van der Waals surface area contributed by atoms with Gasteiger partial charge in [-0.1, -0.05) is 38.5 Å². The molecule has 0 spiro atoms. The van der Waals surface area contributed by atoms with Gasteiger partial charge in [0.15, 0.2) is 0 Å². The highest BCUT2D eigenvalue weighted by Gasteiger charge is 2.18. The van der Waals surface area contributed by atoms with Crippen molar-refractivity contribution in [3.8, 4) is 0 Å². The molecule has 0 aliphatic heterocycles. The molecule has 1 nitrogen and oxygen atoms in total. The summed E-state index contributed by atoms with van der Waals surface area (Å²) in [6.07, 6.45) is 13.9. The van der Waals surface area contributed by atoms with Gasteiger partial charge in [-0.2, -0.15) is 23.5 Å². The minimum atomic E-state index is -0.0798. The maximum absolute atomic E-state index is 10.1. The Labute approximate surface area is 121 Å². The Hall–Kier alpha value is 0.660. The zero-order valence-electron chi connectivity index (χ0n) is 11.5. The Balaban J connectivity index is 1.52. The van der Waals surface area contributed by atoms with Gasteiger partial charge in [0.2, 0.25) is 0 Å². The van der Waals surface area contributed by atoms with Crippen molar-refractivity contribution in [2.75, 3.05) is 11.5 Å². The lowest BCUT2D eigenvalue weighted by molar-refractivity contribution is 0.224. The molecule has 0 unspecified atom stereocenters. The van der Waals surface area contributed by atoms with Gasteiger partial charge < -0.3 is 5.11 Å². The maximum atomic E-state index is 10.1. The lowest BCUT2D eigenvalue weighted by atomic mass is 10.0. The van der Waals surface area contributed by atoms with E-state index in [1.807, 2.05) is 23.5 Å². The number of hydrogen-bond donors (Lipinski definition) is 1. The average Bonchev–Trinajstić information content (AvgIpc) is 2.45. The first-order valence-electron chi connectivity index (χ1n) is 7.76. The van der Waals surface area contributed by atoms with Crippen LogP contribution in [0.3, 0.4) is 0 Å². The molecule has 106 valence electrons. The van der Waals surface area contributed by atoms with Crippen LogP contribution in [0.5, 0.6) is 0 Å². The van der Waals surface area contributed by atoms with E-state index in [1.165, 1.54) is 64.2 Å². The molecule has 2 fully saturated rings. The summed E-state index contributed by atoms with van der Waals surface area (Å²) < 4.78 is 0. The molecule has 0 bridgehead atoms. The van der Waals surface area contributed by atoms with E-state index >= 15 is 0 Å². The SMILES string of the molecule is OC(CSC1CCCCC1)CSC1CCCCC1. The van der Waals surface area contributed by atoms with Gasteiger partial charge in [0.25, 0.3) is 0 Å². The normalized spacial score (nSPS) is 23.7. The van der Waals surface area contributed by atoms with E-state index in [1.54, 1.807) is 0 Å². The molecular formula is C15H28OS2. The number of rotatable bonds is 6. The summed E-state index contributed by atoms with van der Waals surface area (Å²) in [4.78, 5) is 0. The van der Waals surface area contributed by atoms with Crippen LogP contribution in [-0.4, -0.2) is 33.2 Å². The lowest BCUT2D eigenvalue weighted by Gasteiger charge is -2.24. The number of hydrogen-bond acceptors (Lipinski definition) is 3. The molecule has 0 aromatic rings. The van der Waals surface area contributed by atoms with E-state index in [4.69, 9.17) is 0 Å². The fraction of sp³-hybridized carbons (Fsp3) is 1.00. The molecular weight excluding hydrogens is 260 g/mol. The Morgan fingerprint density at radius 2 is 1.11 bits per heavy atom. The van der Waals surface area contributed by atoms with Gasteiger partial charge in [-0.3, -0.25) is 0 Å². The second-order valence-corrected chi connectivity index (χ2v) is 8.51. The molecule has 1 N–H and O–H groups in total. The largest absolute Gasteiger partial charge is 0.391 e. The highest BCUT2D eigenvalue weighted by molar-refractivity contribution is 8.00. The molecule has 2 saturated carbocycles. The third kappa shape index (κ3) is 5.75. The summed E-state index contributed by atoms with van der Waals surface area (Å²) in [5.74, 6) is 1.93. The molecule has 0 amide bonds. The van der Waals surface area contributed by atoms with Gasteiger partial charge in [-0.15, -0.1) is 0 Å². The minimum absolute atomic E-state index is 0.0798. The van der Waals surface area contributed by atoms with E-state index in [-0.39, 0.29) is 6.10 Å². The summed E-state index contributed by atoms with van der Waals surface area (Å²) in [5.41, 5.74) is 0. The fourth-order valence-corrected chi connectivity index (χ4v) is 5.71. The lowest BCUT2D eigenvalue weighted by Crippen LogP contribution is -2.20. The van der Waals surface area contributed by atoms with Crippen molar-refractivity contribution in [3.63, 3.8) is 0 Å². The van der Waals surface area contributed by atoms with Crippen molar-refractivity contribution in [2.24, 2.45) is 0 Å². The van der Waals surface area contributed by atoms with Crippen LogP contribution in [-0.2, 0) is 0 Å². The summed E-state index contributed by atoms with van der Waals surface area (Å²) in [6.45, 7) is 0. The van der Waals surface area contributed by atoms with E-state index in [9.17, 15) is 5.11 Å². The van der Waals surface area contributed by atoms with E-state index in [0.717, 1.165) is 22.0 Å². The Bertz CT molecular complexity index is 189. The molecule has 0 radical (unpaired) electrons. The van der Waals surface area contributed by atoms with Crippen molar-refractivity contribution in [1.82, 2.24) is 0 Å². The Morgan fingerprint density at radius 3 is 1.50 bits per heavy atom. The Morgan fingerprint density at radius 1 is 0.722 bits per heavy atom. The molecule has 2 aliphatic carbocycles. The molecule has 2 aliphatic rings. The molecule has 0 aromatic heterocycles. The third-order valence-electron chi connectivity index (χ3n) is 4.15. The van der Waals surface area contributed by atoms with Gasteiger partial charge in [0, 0.05) is 22.0 Å². The first-order chi connectivity index (χ1) is 8.84. The van der Waals surface area contributed by atoms with E-state index in [2.05, 4.69) is 0 Å². The maximum Gasteiger partial charge on any atom is 0.0721 e. The van der Waals surface area contributed by atoms with Gasteiger partial charge in [-0.05, 0) is 25.7 Å². The summed E-state index contributed by atoms with van der Waals surface area (Å²) in [5, 5.41) is 11.8. The predicted octanol–water partition coefficient (Wildman–Crippen LogP) is 4.48. The monoisotopic (exact) mass is 288 g/mol. The van der Waals surface area contributed by atoms with E-state index in [0.29, 0.717) is 0 Å². The number of thioether (sulfide) groups is 2. The van der Waals surface area contributed by atoms with Gasteiger partial charge in [0.05, 0.1) is 6.10 Å². The topological polar surface area (TPSA) is 20.2 Å². The first kappa shape index (κ1) is 15.1. The van der Waals surface area contributed by atoms with Crippen LogP contribution >= 0.6 is 23.5 Å². The van der Waals surface area contributed by atoms with E-state index < -0.39 is 0 Å². The summed E-state index contributed by atoms with van der Waals surface area (Å²) in [6, 6.07) is 0. The third-order valence-corrected chi connectivity index (χ3v) is 7.19. The zero-order valence-corrected chi connectivity index (χ0v) is 13.1. The molecule has 0 aromatic carbocycles. The van der Waals surface area contributed by atoms with Crippen LogP contribution in [0.2, 0.25) is 0 Å². The first-order valence-corrected chi connectivity index (χ1v) is 9.85. The van der Waals surface area contributed by atoms with Crippen molar-refractivity contribution < 1.29 is 5.11 Å². The van der Waals surface area contributed by atoms with Crippen LogP contribution in [0.25, 0.3) is 0 Å². The number of aliphatic hydroxyl groups is 1. The average molecular weight is 289 g/mol. The Kier molecular flexibility index (Phi) is 7.32. The summed E-state index contributed by atoms with van der Waals surface area (Å²) >= 11 is 4.06. The standard InChI is InChI=1S/C15H28OS2/c16-13(11-17-14-7-3-1-4-8-14)12-18-15-9-5-2-6-10-15/h13-16H,1-12H2. The zero-order chi connectivity index (χ0) is 12.6. The van der Waals surface area contributed by atoms with Crippen LogP contribution in [0, 0.1) is 0 Å². The summed E-state index contributed by atoms with van der Waals surface area (Å²) in [7, 11) is 0. The molecule has 3 heteroatoms. The van der Waals surface area contributed by atoms with Crippen LogP contribution in [0.4, 0.5) is 0 Å². The van der Waals surface area contributed by atoms with Crippen LogP contribution in [0.15, 0.2) is 0 Å². The van der Waals surface area contributed by atoms with Crippen molar-refractivity contribution in [2.45, 2.75) is 80.8 Å². The smallest absolute Gasteiger partial charge is 0.0721 e. The quantitative estimate of drug-likeness (QED) is 0.778. The van der Waals surface area contributed by atoms with Crippen LogP contribution < -0.4 is 0 Å². The molecule has 0 atom stereocenters. The second-order valence-electron chi connectivity index (χ2n) is 5.84. The van der Waals surface area contributed by atoms with Gasteiger partial charge in [-0.25, -0.2) is 0 Å². The minimum Gasteiger partial charge on any atom is -0.391 e. The molecule has 18 heavy (non-hydrogen) atoms. The van der Waals surface area contributed by atoms with Gasteiger partial charge >= 0.3 is 0 Å². The molecule has 0 heterocycles. The second kappa shape index (κ2) is 8.76. The molecule has 2 rings (SSSR count). The molecule has 0 saturated heterocycles. The van der Waals surface area contributed by atoms with Gasteiger partial charge in [0.1, 0.15) is 0 Å². The van der Waals surface area contributed by atoms with Crippen molar-refractivity contribution >= 4 is 23.5 Å². The highest BCUT2D eigenvalue weighted by Crippen LogP contribution is 2.31. The highest BCUT2D eigenvalue weighted by atomic mass is 32.2. The van der Waals surface area contributed by atoms with Crippen molar-refractivity contribution in [3.05, 3.63) is 0 Å². The number of aliphatic hydroxyl groups excluding tert-OH is 1. The van der Waals surface area contributed by atoms with Crippen LogP contribution in [0.1, 0.15) is 64.2 Å². The van der Waals surface area contributed by atoms with Crippen molar-refractivity contribution in [1.29, 1.82) is 0 Å². The fourth-order valence-electron chi connectivity index (χ4n) is 3.01. The predicted molar refractivity (Wildman–Crippen MR) is 84.7 cm³/mol.